The van der Waals surface area contributed by atoms with Gasteiger partial charge in [-0.15, -0.1) is 0 Å². The molecular formula is C14H22N2O. The van der Waals surface area contributed by atoms with Crippen molar-refractivity contribution >= 4 is 5.69 Å². The minimum atomic E-state index is 0.266. The van der Waals surface area contributed by atoms with Gasteiger partial charge in [0.1, 0.15) is 11.9 Å². The molecule has 0 saturated heterocycles. The van der Waals surface area contributed by atoms with E-state index in [0.29, 0.717) is 6.04 Å². The van der Waals surface area contributed by atoms with E-state index >= 15 is 0 Å². The summed E-state index contributed by atoms with van der Waals surface area (Å²) in [6.45, 7) is 5.32. The Morgan fingerprint density at radius 1 is 1.41 bits per heavy atom. The van der Waals surface area contributed by atoms with Crippen LogP contribution in [-0.2, 0) is 0 Å². The number of ether oxygens (including phenoxy) is 1. The Labute approximate surface area is 104 Å². The predicted molar refractivity (Wildman–Crippen MR) is 72.0 cm³/mol. The van der Waals surface area contributed by atoms with E-state index in [0.717, 1.165) is 18.7 Å². The summed E-state index contributed by atoms with van der Waals surface area (Å²) in [4.78, 5) is 2.32. The molecule has 3 nitrogen and oxygen atoms in total. The van der Waals surface area contributed by atoms with Crippen molar-refractivity contribution in [1.82, 2.24) is 5.32 Å². The zero-order chi connectivity index (χ0) is 12.4. The van der Waals surface area contributed by atoms with Gasteiger partial charge < -0.3 is 15.0 Å². The average molecular weight is 234 g/mol. The fourth-order valence-corrected chi connectivity index (χ4v) is 2.32. The van der Waals surface area contributed by atoms with Gasteiger partial charge in [0.2, 0.25) is 0 Å². The Bertz CT molecular complexity index is 392. The van der Waals surface area contributed by atoms with Gasteiger partial charge in [-0.3, -0.25) is 0 Å². The number of nitrogens with zero attached hydrogens (tertiary/aromatic N) is 1. The molecule has 2 rings (SSSR count). The van der Waals surface area contributed by atoms with Crippen molar-refractivity contribution < 1.29 is 4.74 Å². The van der Waals surface area contributed by atoms with Crippen LogP contribution >= 0.6 is 0 Å². The van der Waals surface area contributed by atoms with E-state index in [-0.39, 0.29) is 6.10 Å². The molecule has 1 aromatic carbocycles. The number of likely N-dealkylation sites (N-methyl/N-ethyl adjacent to an activating group) is 1. The van der Waals surface area contributed by atoms with Crippen molar-refractivity contribution in [3.05, 3.63) is 23.8 Å². The summed E-state index contributed by atoms with van der Waals surface area (Å²) in [5, 5.41) is 3.19. The molecule has 94 valence electrons. The van der Waals surface area contributed by atoms with Crippen LogP contribution in [-0.4, -0.2) is 32.8 Å². The summed E-state index contributed by atoms with van der Waals surface area (Å²) in [7, 11) is 4.13. The van der Waals surface area contributed by atoms with E-state index < -0.39 is 0 Å². The smallest absolute Gasteiger partial charge is 0.143 e. The first-order chi connectivity index (χ1) is 8.13. The minimum Gasteiger partial charge on any atom is -0.486 e. The molecular weight excluding hydrogens is 212 g/mol. The highest BCUT2D eigenvalue weighted by molar-refractivity contribution is 5.61. The molecule has 2 atom stereocenters. The van der Waals surface area contributed by atoms with Gasteiger partial charge in [0.15, 0.2) is 0 Å². The summed E-state index contributed by atoms with van der Waals surface area (Å²) in [6.07, 6.45) is 1.30. The zero-order valence-electron chi connectivity index (χ0n) is 11.2. The third-order valence-electron chi connectivity index (χ3n) is 3.60. The summed E-state index contributed by atoms with van der Waals surface area (Å²) >= 11 is 0. The van der Waals surface area contributed by atoms with Crippen LogP contribution in [0.25, 0.3) is 0 Å². The number of rotatable bonds is 3. The van der Waals surface area contributed by atoms with Crippen molar-refractivity contribution in [3.8, 4) is 5.75 Å². The van der Waals surface area contributed by atoms with Gasteiger partial charge in [-0.05, 0) is 51.6 Å². The van der Waals surface area contributed by atoms with Gasteiger partial charge in [0, 0.05) is 7.05 Å². The molecule has 0 bridgehead atoms. The first-order valence-corrected chi connectivity index (χ1v) is 6.28. The largest absolute Gasteiger partial charge is 0.486 e. The molecule has 0 aliphatic carbocycles. The Hall–Kier alpha value is -1.22. The van der Waals surface area contributed by atoms with Crippen molar-refractivity contribution in [2.75, 3.05) is 25.5 Å². The second kappa shape index (κ2) is 4.96. The Balaban J connectivity index is 2.23. The highest BCUT2D eigenvalue weighted by Crippen LogP contribution is 2.36. The number of benzene rings is 1. The van der Waals surface area contributed by atoms with Crippen LogP contribution in [0.5, 0.6) is 5.75 Å². The molecule has 1 aromatic rings. The van der Waals surface area contributed by atoms with E-state index in [1.54, 1.807) is 0 Å². The lowest BCUT2D eigenvalue weighted by Crippen LogP contribution is -2.46. The minimum absolute atomic E-state index is 0.266. The molecule has 1 heterocycles. The standard InChI is InChI=1S/C14H22N2O/c1-10-5-6-12-14(9-10)17-13(7-8-15-3)11(2)16(12)4/h5-6,9,11,13,15H,7-8H2,1-4H3. The lowest BCUT2D eigenvalue weighted by molar-refractivity contribution is 0.151. The molecule has 1 aliphatic rings. The topological polar surface area (TPSA) is 24.5 Å². The molecule has 17 heavy (non-hydrogen) atoms. The SMILES string of the molecule is CNCCC1Oc2cc(C)ccc2N(C)C1C. The molecule has 0 spiro atoms. The van der Waals surface area contributed by atoms with E-state index in [1.165, 1.54) is 11.3 Å². The van der Waals surface area contributed by atoms with Crippen molar-refractivity contribution in [1.29, 1.82) is 0 Å². The summed E-state index contributed by atoms with van der Waals surface area (Å²) in [5.41, 5.74) is 2.45. The van der Waals surface area contributed by atoms with E-state index in [4.69, 9.17) is 4.74 Å². The van der Waals surface area contributed by atoms with Gasteiger partial charge in [0.25, 0.3) is 0 Å². The fraction of sp³-hybridized carbons (Fsp3) is 0.571. The van der Waals surface area contributed by atoms with Crippen LogP contribution in [0.15, 0.2) is 18.2 Å². The van der Waals surface area contributed by atoms with Gasteiger partial charge in [-0.1, -0.05) is 6.07 Å². The Kier molecular flexibility index (Phi) is 3.57. The molecule has 1 aliphatic heterocycles. The number of nitrogens with one attached hydrogen (secondary N) is 1. The molecule has 0 fully saturated rings. The van der Waals surface area contributed by atoms with Crippen LogP contribution < -0.4 is 15.0 Å². The van der Waals surface area contributed by atoms with Crippen molar-refractivity contribution in [2.45, 2.75) is 32.4 Å². The second-order valence-corrected chi connectivity index (χ2v) is 4.87. The Morgan fingerprint density at radius 2 is 2.18 bits per heavy atom. The predicted octanol–water partition coefficient (Wildman–Crippen LogP) is 2.19. The summed E-state index contributed by atoms with van der Waals surface area (Å²) in [6, 6.07) is 6.83. The average Bonchev–Trinajstić information content (AvgIpc) is 2.31. The number of hydrogen-bond donors (Lipinski definition) is 1. The fourth-order valence-electron chi connectivity index (χ4n) is 2.32. The highest BCUT2D eigenvalue weighted by Gasteiger charge is 2.29. The third-order valence-corrected chi connectivity index (χ3v) is 3.60. The van der Waals surface area contributed by atoms with Gasteiger partial charge in [-0.2, -0.15) is 0 Å². The van der Waals surface area contributed by atoms with E-state index in [1.807, 2.05) is 7.05 Å². The van der Waals surface area contributed by atoms with Crippen LogP contribution in [0.3, 0.4) is 0 Å². The van der Waals surface area contributed by atoms with E-state index in [2.05, 4.69) is 49.3 Å². The van der Waals surface area contributed by atoms with Gasteiger partial charge in [-0.25, -0.2) is 0 Å². The van der Waals surface area contributed by atoms with Crippen LogP contribution in [0.2, 0.25) is 0 Å². The normalized spacial score (nSPS) is 23.2. The molecule has 0 aromatic heterocycles. The van der Waals surface area contributed by atoms with Crippen LogP contribution in [0.1, 0.15) is 18.9 Å². The maximum Gasteiger partial charge on any atom is 0.143 e. The maximum absolute atomic E-state index is 6.12. The lowest BCUT2D eigenvalue weighted by Gasteiger charge is -2.40. The van der Waals surface area contributed by atoms with Crippen molar-refractivity contribution in [3.63, 3.8) is 0 Å². The van der Waals surface area contributed by atoms with Gasteiger partial charge >= 0.3 is 0 Å². The third kappa shape index (κ3) is 2.39. The molecule has 0 radical (unpaired) electrons. The second-order valence-electron chi connectivity index (χ2n) is 4.87. The number of anilines is 1. The molecule has 3 heteroatoms. The number of hydrogen-bond acceptors (Lipinski definition) is 3. The molecule has 2 unspecified atom stereocenters. The van der Waals surface area contributed by atoms with Crippen LogP contribution in [0.4, 0.5) is 5.69 Å². The highest BCUT2D eigenvalue weighted by atomic mass is 16.5. The van der Waals surface area contributed by atoms with Gasteiger partial charge in [0.05, 0.1) is 11.7 Å². The van der Waals surface area contributed by atoms with Crippen LogP contribution in [0, 0.1) is 6.92 Å². The monoisotopic (exact) mass is 234 g/mol. The quantitative estimate of drug-likeness (QED) is 0.867. The first-order valence-electron chi connectivity index (χ1n) is 6.28. The molecule has 0 amide bonds. The zero-order valence-corrected chi connectivity index (χ0v) is 11.2. The molecule has 0 saturated carbocycles. The van der Waals surface area contributed by atoms with E-state index in [9.17, 15) is 0 Å². The summed E-state index contributed by atoms with van der Waals surface area (Å²) < 4.78 is 6.12. The number of aryl methyl sites for hydroxylation is 1. The lowest BCUT2D eigenvalue weighted by atomic mass is 10.0. The maximum atomic E-state index is 6.12. The summed E-state index contributed by atoms with van der Waals surface area (Å²) in [5.74, 6) is 1.02. The number of fused-ring (bicyclic) bond motifs is 1. The van der Waals surface area contributed by atoms with Crippen molar-refractivity contribution in [2.24, 2.45) is 0 Å². The Morgan fingerprint density at radius 3 is 2.88 bits per heavy atom. The first kappa shape index (κ1) is 12.2. The molecule has 1 N–H and O–H groups in total.